The molecule has 0 radical (unpaired) electrons. The maximum Gasteiger partial charge on any atom is 0.258 e. The lowest BCUT2D eigenvalue weighted by Crippen LogP contribution is -2.12. The first kappa shape index (κ1) is 14.5. The Hall–Kier alpha value is -2.47. The predicted octanol–water partition coefficient (Wildman–Crippen LogP) is 3.79. The van der Waals surface area contributed by atoms with Crippen LogP contribution in [0.2, 0.25) is 0 Å². The summed E-state index contributed by atoms with van der Waals surface area (Å²) in [6.45, 7) is 1.97. The minimum absolute atomic E-state index is 0.238. The summed E-state index contributed by atoms with van der Waals surface area (Å²) in [5.41, 5.74) is 2.55. The van der Waals surface area contributed by atoms with E-state index in [2.05, 4.69) is 36.4 Å². The molecule has 3 rings (SSSR count). The Bertz CT molecular complexity index is 811. The van der Waals surface area contributed by atoms with Crippen molar-refractivity contribution in [2.45, 2.75) is 6.92 Å². The highest BCUT2D eigenvalue weighted by Crippen LogP contribution is 2.25. The molecule has 2 aromatic carbocycles. The molecule has 1 amide bonds. The second-order valence-electron chi connectivity index (χ2n) is 4.81. The van der Waals surface area contributed by atoms with E-state index in [0.29, 0.717) is 11.4 Å². The topological polar surface area (TPSA) is 70.7 Å². The van der Waals surface area contributed by atoms with Crippen molar-refractivity contribution < 1.29 is 4.79 Å². The van der Waals surface area contributed by atoms with Crippen LogP contribution < -0.4 is 5.32 Å². The lowest BCUT2D eigenvalue weighted by atomic mass is 10.1. The van der Waals surface area contributed by atoms with E-state index in [1.165, 1.54) is 0 Å². The molecule has 22 heavy (non-hydrogen) atoms. The Kier molecular flexibility index (Phi) is 4.02. The number of benzene rings is 2. The number of halogens is 1. The number of hydrogen-bond donors (Lipinski definition) is 2. The van der Waals surface area contributed by atoms with Crippen molar-refractivity contribution in [1.82, 2.24) is 15.2 Å². The molecule has 0 atom stereocenters. The molecule has 2 N–H and O–H groups in total. The van der Waals surface area contributed by atoms with Gasteiger partial charge in [0.2, 0.25) is 5.95 Å². The van der Waals surface area contributed by atoms with Crippen LogP contribution in [0.15, 0.2) is 53.0 Å². The van der Waals surface area contributed by atoms with Gasteiger partial charge in [-0.2, -0.15) is 4.98 Å². The van der Waals surface area contributed by atoms with Crippen LogP contribution in [0.25, 0.3) is 11.4 Å². The first-order chi connectivity index (χ1) is 10.6. The fourth-order valence-corrected chi connectivity index (χ4v) is 2.44. The van der Waals surface area contributed by atoms with Gasteiger partial charge >= 0.3 is 0 Å². The third kappa shape index (κ3) is 3.07. The van der Waals surface area contributed by atoms with Crippen molar-refractivity contribution in [3.63, 3.8) is 0 Å². The van der Waals surface area contributed by atoms with Crippen molar-refractivity contribution in [3.05, 3.63) is 64.1 Å². The van der Waals surface area contributed by atoms with Crippen molar-refractivity contribution >= 4 is 27.8 Å². The maximum atomic E-state index is 12.1. The minimum atomic E-state index is -0.238. The molecule has 6 heteroatoms. The van der Waals surface area contributed by atoms with Gasteiger partial charge in [0.25, 0.3) is 5.91 Å². The summed E-state index contributed by atoms with van der Waals surface area (Å²) in [6.07, 6.45) is 0. The molecule has 1 heterocycles. The number of carbonyl (C=O) groups excluding carboxylic acids is 1. The zero-order valence-electron chi connectivity index (χ0n) is 11.8. The van der Waals surface area contributed by atoms with E-state index in [1.807, 2.05) is 43.3 Å². The maximum absolute atomic E-state index is 12.1. The first-order valence-corrected chi connectivity index (χ1v) is 7.48. The molecular formula is C16H13BrN4O. The van der Waals surface area contributed by atoms with Crippen LogP contribution in [0, 0.1) is 6.92 Å². The Labute approximate surface area is 135 Å². The normalized spacial score (nSPS) is 10.5. The molecule has 0 saturated heterocycles. The largest absolute Gasteiger partial charge is 0.289 e. The summed E-state index contributed by atoms with van der Waals surface area (Å²) in [5, 5.41) is 9.53. The number of nitrogens with one attached hydrogen (secondary N) is 2. The number of H-pyrrole nitrogens is 1. The van der Waals surface area contributed by atoms with E-state index in [9.17, 15) is 4.79 Å². The molecule has 110 valence electrons. The Morgan fingerprint density at radius 1 is 1.14 bits per heavy atom. The van der Waals surface area contributed by atoms with E-state index in [0.717, 1.165) is 15.6 Å². The lowest BCUT2D eigenvalue weighted by molar-refractivity contribution is 0.102. The molecule has 0 fully saturated rings. The molecule has 0 spiro atoms. The Balaban J connectivity index is 1.78. The fourth-order valence-electron chi connectivity index (χ4n) is 1.97. The molecule has 0 aliphatic heterocycles. The van der Waals surface area contributed by atoms with Gasteiger partial charge in [0.1, 0.15) is 0 Å². The van der Waals surface area contributed by atoms with Gasteiger partial charge in [-0.05, 0) is 25.1 Å². The number of rotatable bonds is 3. The van der Waals surface area contributed by atoms with Crippen molar-refractivity contribution in [1.29, 1.82) is 0 Å². The highest BCUT2D eigenvalue weighted by molar-refractivity contribution is 9.10. The molecule has 0 bridgehead atoms. The molecule has 1 aromatic heterocycles. The summed E-state index contributed by atoms with van der Waals surface area (Å²) in [4.78, 5) is 16.4. The summed E-state index contributed by atoms with van der Waals surface area (Å²) in [7, 11) is 0. The fraction of sp³-hybridized carbons (Fsp3) is 0.0625. The Morgan fingerprint density at radius 3 is 2.59 bits per heavy atom. The Morgan fingerprint density at radius 2 is 1.86 bits per heavy atom. The number of aromatic amines is 1. The molecular weight excluding hydrogens is 344 g/mol. The van der Waals surface area contributed by atoms with Crippen molar-refractivity contribution in [2.75, 3.05) is 5.32 Å². The van der Waals surface area contributed by atoms with Gasteiger partial charge in [0, 0.05) is 15.6 Å². The zero-order valence-corrected chi connectivity index (χ0v) is 13.4. The number of amides is 1. The molecule has 0 unspecified atom stereocenters. The van der Waals surface area contributed by atoms with Crippen LogP contribution in [0.1, 0.15) is 15.9 Å². The summed E-state index contributed by atoms with van der Waals surface area (Å²) >= 11 is 3.46. The minimum Gasteiger partial charge on any atom is -0.289 e. The highest BCUT2D eigenvalue weighted by Gasteiger charge is 2.11. The van der Waals surface area contributed by atoms with Gasteiger partial charge in [-0.25, -0.2) is 0 Å². The molecule has 5 nitrogen and oxygen atoms in total. The van der Waals surface area contributed by atoms with Gasteiger partial charge in [0.15, 0.2) is 5.82 Å². The number of carbonyl (C=O) groups is 1. The number of nitrogens with zero attached hydrogens (tertiary/aromatic N) is 2. The second-order valence-corrected chi connectivity index (χ2v) is 5.66. The standard InChI is InChI=1S/C16H13BrN4O/c1-10-6-8-11(9-7-10)15(22)19-16-18-14(20-21-16)12-4-2-3-5-13(12)17/h2-9H,1H3,(H2,18,19,20,21,22). The molecule has 0 aliphatic carbocycles. The highest BCUT2D eigenvalue weighted by atomic mass is 79.9. The van der Waals surface area contributed by atoms with Crippen LogP contribution >= 0.6 is 15.9 Å². The van der Waals surface area contributed by atoms with E-state index in [4.69, 9.17) is 0 Å². The van der Waals surface area contributed by atoms with Crippen LogP contribution in [-0.4, -0.2) is 21.1 Å². The summed E-state index contributed by atoms with van der Waals surface area (Å²) in [6, 6.07) is 15.0. The second kappa shape index (κ2) is 6.11. The van der Waals surface area contributed by atoms with Gasteiger partial charge in [-0.3, -0.25) is 15.2 Å². The van der Waals surface area contributed by atoms with Crippen LogP contribution in [0.3, 0.4) is 0 Å². The van der Waals surface area contributed by atoms with E-state index >= 15 is 0 Å². The monoisotopic (exact) mass is 356 g/mol. The number of hydrogen-bond acceptors (Lipinski definition) is 3. The molecule has 3 aromatic rings. The molecule has 0 saturated carbocycles. The number of aromatic nitrogens is 3. The van der Waals surface area contributed by atoms with E-state index < -0.39 is 0 Å². The summed E-state index contributed by atoms with van der Waals surface area (Å²) in [5.74, 6) is 0.598. The smallest absolute Gasteiger partial charge is 0.258 e. The zero-order chi connectivity index (χ0) is 15.5. The SMILES string of the molecule is Cc1ccc(C(=O)Nc2n[nH]c(-c3ccccc3Br)n2)cc1. The van der Waals surface area contributed by atoms with Gasteiger partial charge < -0.3 is 0 Å². The number of anilines is 1. The van der Waals surface area contributed by atoms with Crippen molar-refractivity contribution in [2.24, 2.45) is 0 Å². The predicted molar refractivity (Wildman–Crippen MR) is 88.7 cm³/mol. The van der Waals surface area contributed by atoms with Gasteiger partial charge in [-0.1, -0.05) is 51.8 Å². The van der Waals surface area contributed by atoms with Crippen LogP contribution in [0.4, 0.5) is 5.95 Å². The molecule has 0 aliphatic rings. The third-order valence-corrected chi connectivity index (χ3v) is 3.84. The van der Waals surface area contributed by atoms with Crippen LogP contribution in [-0.2, 0) is 0 Å². The van der Waals surface area contributed by atoms with E-state index in [-0.39, 0.29) is 11.9 Å². The third-order valence-electron chi connectivity index (χ3n) is 3.15. The number of aryl methyl sites for hydroxylation is 1. The summed E-state index contributed by atoms with van der Waals surface area (Å²) < 4.78 is 0.905. The quantitative estimate of drug-likeness (QED) is 0.749. The van der Waals surface area contributed by atoms with Crippen molar-refractivity contribution in [3.8, 4) is 11.4 Å². The van der Waals surface area contributed by atoms with Crippen LogP contribution in [0.5, 0.6) is 0 Å². The van der Waals surface area contributed by atoms with Gasteiger partial charge in [0.05, 0.1) is 0 Å². The first-order valence-electron chi connectivity index (χ1n) is 6.69. The average molecular weight is 357 g/mol. The average Bonchev–Trinajstić information content (AvgIpc) is 2.96. The van der Waals surface area contributed by atoms with Gasteiger partial charge in [-0.15, -0.1) is 5.10 Å². The van der Waals surface area contributed by atoms with E-state index in [1.54, 1.807) is 12.1 Å². The lowest BCUT2D eigenvalue weighted by Gasteiger charge is -2.01.